The third-order valence-electron chi connectivity index (χ3n) is 3.73. The van der Waals surface area contributed by atoms with Gasteiger partial charge in [-0.25, -0.2) is 4.79 Å². The van der Waals surface area contributed by atoms with Crippen molar-refractivity contribution in [2.24, 2.45) is 10.2 Å². The van der Waals surface area contributed by atoms with E-state index in [1.165, 1.54) is 35.6 Å². The van der Waals surface area contributed by atoms with Crippen LogP contribution >= 0.6 is 23.1 Å². The molecular formula is C18H16N4O4S2. The average molecular weight is 416 g/mol. The van der Waals surface area contributed by atoms with Crippen molar-refractivity contribution in [1.82, 2.24) is 5.32 Å². The molecule has 1 aromatic heterocycles. The number of rotatable bonds is 5. The number of nitrogens with one attached hydrogen (secondary N) is 2. The van der Waals surface area contributed by atoms with Gasteiger partial charge in [-0.3, -0.25) is 9.59 Å². The zero-order valence-electron chi connectivity index (χ0n) is 14.7. The predicted octanol–water partition coefficient (Wildman–Crippen LogP) is 2.79. The van der Waals surface area contributed by atoms with Gasteiger partial charge in [-0.2, -0.15) is 5.10 Å². The lowest BCUT2D eigenvalue weighted by atomic mass is 10.2. The van der Waals surface area contributed by atoms with Gasteiger partial charge in [-0.15, -0.1) is 16.4 Å². The number of benzene rings is 1. The van der Waals surface area contributed by atoms with Gasteiger partial charge in [-0.1, -0.05) is 17.8 Å². The number of hydrogen-bond donors (Lipinski definition) is 3. The highest BCUT2D eigenvalue weighted by molar-refractivity contribution is 8.15. The SMILES string of the molecule is CC(=NN=C1NC(=O)C[C@H](C(=O)Nc2ccc(C(=O)O)cc2)S1)c1cccs1. The number of carbonyl (C=O) groups excluding carboxylic acids is 2. The number of aromatic carboxylic acids is 1. The van der Waals surface area contributed by atoms with Gasteiger partial charge < -0.3 is 15.7 Å². The van der Waals surface area contributed by atoms with Crippen LogP contribution < -0.4 is 10.6 Å². The molecule has 0 saturated carbocycles. The van der Waals surface area contributed by atoms with Gasteiger partial charge in [0.2, 0.25) is 11.8 Å². The van der Waals surface area contributed by atoms with Crippen LogP contribution in [0, 0.1) is 0 Å². The Morgan fingerprint density at radius 2 is 2.00 bits per heavy atom. The van der Waals surface area contributed by atoms with Crippen molar-refractivity contribution in [2.45, 2.75) is 18.6 Å². The Balaban J connectivity index is 1.67. The summed E-state index contributed by atoms with van der Waals surface area (Å²) in [6.45, 7) is 1.82. The molecule has 3 rings (SSSR count). The van der Waals surface area contributed by atoms with Crippen molar-refractivity contribution in [1.29, 1.82) is 0 Å². The van der Waals surface area contributed by atoms with E-state index in [1.54, 1.807) is 0 Å². The van der Waals surface area contributed by atoms with E-state index in [0.29, 0.717) is 11.4 Å². The van der Waals surface area contributed by atoms with Crippen molar-refractivity contribution in [3.8, 4) is 0 Å². The molecule has 1 aromatic carbocycles. The largest absolute Gasteiger partial charge is 0.478 e. The lowest BCUT2D eigenvalue weighted by Crippen LogP contribution is -2.41. The molecule has 0 unspecified atom stereocenters. The van der Waals surface area contributed by atoms with Crippen molar-refractivity contribution in [3.05, 3.63) is 52.2 Å². The lowest BCUT2D eigenvalue weighted by molar-refractivity contribution is -0.123. The zero-order valence-corrected chi connectivity index (χ0v) is 16.3. The van der Waals surface area contributed by atoms with Crippen LogP contribution in [0.4, 0.5) is 5.69 Å². The fourth-order valence-corrected chi connectivity index (χ4v) is 3.92. The van der Waals surface area contributed by atoms with Crippen LogP contribution in [0.2, 0.25) is 0 Å². The van der Waals surface area contributed by atoms with Crippen LogP contribution in [0.25, 0.3) is 0 Å². The first-order valence-corrected chi connectivity index (χ1v) is 9.95. The van der Waals surface area contributed by atoms with E-state index in [4.69, 9.17) is 5.11 Å². The summed E-state index contributed by atoms with van der Waals surface area (Å²) >= 11 is 2.65. The second-order valence-electron chi connectivity index (χ2n) is 5.80. The third-order valence-corrected chi connectivity index (χ3v) is 5.78. The Morgan fingerprint density at radius 3 is 2.64 bits per heavy atom. The minimum absolute atomic E-state index is 0.0103. The summed E-state index contributed by atoms with van der Waals surface area (Å²) in [6.07, 6.45) is 0.0103. The first-order valence-electron chi connectivity index (χ1n) is 8.19. The maximum atomic E-state index is 12.5. The van der Waals surface area contributed by atoms with E-state index >= 15 is 0 Å². The molecule has 0 bridgehead atoms. The molecule has 1 atom stereocenters. The van der Waals surface area contributed by atoms with Crippen molar-refractivity contribution >= 4 is 57.4 Å². The fraction of sp³-hybridized carbons (Fsp3) is 0.167. The molecule has 8 nitrogen and oxygen atoms in total. The van der Waals surface area contributed by atoms with Gasteiger partial charge in [0, 0.05) is 12.1 Å². The zero-order chi connectivity index (χ0) is 20.1. The number of thiophene rings is 1. The van der Waals surface area contributed by atoms with E-state index in [-0.39, 0.29) is 29.0 Å². The molecule has 28 heavy (non-hydrogen) atoms. The smallest absolute Gasteiger partial charge is 0.335 e. The van der Waals surface area contributed by atoms with Crippen LogP contribution in [0.3, 0.4) is 0 Å². The van der Waals surface area contributed by atoms with Crippen LogP contribution in [-0.2, 0) is 9.59 Å². The number of amidine groups is 1. The van der Waals surface area contributed by atoms with Gasteiger partial charge in [-0.05, 0) is 42.6 Å². The Morgan fingerprint density at radius 1 is 1.25 bits per heavy atom. The lowest BCUT2D eigenvalue weighted by Gasteiger charge is -2.21. The van der Waals surface area contributed by atoms with E-state index < -0.39 is 11.2 Å². The molecule has 0 spiro atoms. The molecule has 2 aromatic rings. The number of carboxylic acid groups (broad SMARTS) is 1. The number of thioether (sulfide) groups is 1. The molecule has 10 heteroatoms. The van der Waals surface area contributed by atoms with Crippen molar-refractivity contribution in [3.63, 3.8) is 0 Å². The quantitative estimate of drug-likeness (QED) is 0.511. The number of hydrogen-bond acceptors (Lipinski definition) is 7. The normalized spacial score (nSPS) is 18.6. The van der Waals surface area contributed by atoms with Crippen LogP contribution in [0.15, 0.2) is 52.0 Å². The van der Waals surface area contributed by atoms with Gasteiger partial charge in [0.25, 0.3) is 0 Å². The minimum Gasteiger partial charge on any atom is -0.478 e. The van der Waals surface area contributed by atoms with Gasteiger partial charge >= 0.3 is 5.97 Å². The summed E-state index contributed by atoms with van der Waals surface area (Å²) in [4.78, 5) is 36.3. The molecular weight excluding hydrogens is 400 g/mol. The standard InChI is InChI=1S/C18H16N4O4S2/c1-10(13-3-2-8-27-13)21-22-18-20-15(23)9-14(28-18)16(24)19-12-6-4-11(5-7-12)17(25)26/h2-8,14H,9H2,1H3,(H,19,24)(H,25,26)(H,20,22,23)/t14-/m1/s1. The summed E-state index contributed by atoms with van der Waals surface area (Å²) in [7, 11) is 0. The topological polar surface area (TPSA) is 120 Å². The average Bonchev–Trinajstić information content (AvgIpc) is 3.21. The maximum absolute atomic E-state index is 12.5. The molecule has 2 heterocycles. The first-order chi connectivity index (χ1) is 13.4. The van der Waals surface area contributed by atoms with E-state index in [9.17, 15) is 14.4 Å². The number of amides is 2. The van der Waals surface area contributed by atoms with E-state index in [2.05, 4.69) is 20.8 Å². The van der Waals surface area contributed by atoms with Crippen LogP contribution in [-0.4, -0.2) is 39.0 Å². The van der Waals surface area contributed by atoms with Gasteiger partial charge in [0.1, 0.15) is 5.25 Å². The Labute approximate surface area is 168 Å². The predicted molar refractivity (Wildman–Crippen MR) is 110 cm³/mol. The highest BCUT2D eigenvalue weighted by atomic mass is 32.2. The summed E-state index contributed by atoms with van der Waals surface area (Å²) in [6, 6.07) is 9.62. The monoisotopic (exact) mass is 416 g/mol. The number of carbonyl (C=O) groups is 3. The van der Waals surface area contributed by atoms with Crippen LogP contribution in [0.1, 0.15) is 28.6 Å². The highest BCUT2D eigenvalue weighted by Gasteiger charge is 2.30. The second-order valence-corrected chi connectivity index (χ2v) is 7.94. The molecule has 2 amide bonds. The molecule has 3 N–H and O–H groups in total. The summed E-state index contributed by atoms with van der Waals surface area (Å²) < 4.78 is 0. The maximum Gasteiger partial charge on any atom is 0.335 e. The van der Waals surface area contributed by atoms with Crippen molar-refractivity contribution in [2.75, 3.05) is 5.32 Å². The Bertz CT molecular complexity index is 952. The summed E-state index contributed by atoms with van der Waals surface area (Å²) in [5.74, 6) is -1.73. The third kappa shape index (κ3) is 5.05. The van der Waals surface area contributed by atoms with Crippen LogP contribution in [0.5, 0.6) is 0 Å². The number of anilines is 1. The molecule has 1 aliphatic heterocycles. The summed E-state index contributed by atoms with van der Waals surface area (Å²) in [5.41, 5.74) is 1.28. The minimum atomic E-state index is -1.04. The highest BCUT2D eigenvalue weighted by Crippen LogP contribution is 2.23. The molecule has 144 valence electrons. The van der Waals surface area contributed by atoms with Crippen molar-refractivity contribution < 1.29 is 19.5 Å². The second kappa shape index (κ2) is 8.81. The molecule has 1 saturated heterocycles. The molecule has 1 fully saturated rings. The van der Waals surface area contributed by atoms with E-state index in [0.717, 1.165) is 16.6 Å². The number of carboxylic acids is 1. The van der Waals surface area contributed by atoms with Gasteiger partial charge in [0.05, 0.1) is 16.2 Å². The molecule has 1 aliphatic rings. The Hall–Kier alpha value is -2.98. The van der Waals surface area contributed by atoms with E-state index in [1.807, 2.05) is 24.4 Å². The first kappa shape index (κ1) is 19.8. The molecule has 0 radical (unpaired) electrons. The molecule has 0 aliphatic carbocycles. The number of nitrogens with zero attached hydrogens (tertiary/aromatic N) is 2. The summed E-state index contributed by atoms with van der Waals surface area (Å²) in [5, 5.41) is 23.9. The van der Waals surface area contributed by atoms with Gasteiger partial charge in [0.15, 0.2) is 5.17 Å². The fourth-order valence-electron chi connectivity index (χ4n) is 2.31. The Kier molecular flexibility index (Phi) is 6.22.